The Bertz CT molecular complexity index is 404. The van der Waals surface area contributed by atoms with Crippen molar-refractivity contribution in [3.8, 4) is 0 Å². The molecule has 0 aromatic carbocycles. The van der Waals surface area contributed by atoms with E-state index in [-0.39, 0.29) is 12.4 Å². The van der Waals surface area contributed by atoms with Crippen molar-refractivity contribution in [2.24, 2.45) is 5.73 Å². The van der Waals surface area contributed by atoms with Gasteiger partial charge in [0.1, 0.15) is 5.56 Å². The molecule has 0 spiro atoms. The van der Waals surface area contributed by atoms with E-state index in [1.807, 2.05) is 16.8 Å². The molecule has 1 aliphatic carbocycles. The third-order valence-electron chi connectivity index (χ3n) is 3.40. The van der Waals surface area contributed by atoms with Crippen LogP contribution in [0.2, 0.25) is 0 Å². The fourth-order valence-corrected chi connectivity index (χ4v) is 2.35. The van der Waals surface area contributed by atoms with Gasteiger partial charge in [0, 0.05) is 6.07 Å². The van der Waals surface area contributed by atoms with E-state index >= 15 is 0 Å². The smallest absolute Gasteiger partial charge is 0.254 e. The maximum Gasteiger partial charge on any atom is 0.254 e. The zero-order chi connectivity index (χ0) is 12.8. The molecule has 0 bridgehead atoms. The van der Waals surface area contributed by atoms with Gasteiger partial charge in [-0.05, 0) is 18.9 Å². The van der Waals surface area contributed by atoms with Crippen molar-refractivity contribution >= 4 is 5.91 Å². The molecule has 1 heterocycles. The van der Waals surface area contributed by atoms with Crippen molar-refractivity contribution < 1.29 is 26.5 Å². The molecule has 0 radical (unpaired) electrons. The van der Waals surface area contributed by atoms with Crippen LogP contribution in [0.3, 0.4) is 0 Å². The number of carbonyl (C=O) groups excluding carboxylic acids is 1. The molecule has 0 unspecified atom stereocenters. The number of nitrogens with zero attached hydrogens (tertiary/aromatic N) is 1. The van der Waals surface area contributed by atoms with Crippen molar-refractivity contribution in [2.75, 3.05) is 0 Å². The molecule has 106 valence electrons. The fourth-order valence-electron chi connectivity index (χ4n) is 2.35. The number of pyridine rings is 1. The van der Waals surface area contributed by atoms with Gasteiger partial charge in [0.05, 0.1) is 6.10 Å². The van der Waals surface area contributed by atoms with Gasteiger partial charge >= 0.3 is 0 Å². The Morgan fingerprint density at radius 2 is 2.00 bits per heavy atom. The van der Waals surface area contributed by atoms with Crippen LogP contribution in [-0.4, -0.2) is 12.0 Å². The van der Waals surface area contributed by atoms with Crippen molar-refractivity contribution in [2.45, 2.75) is 51.4 Å². The van der Waals surface area contributed by atoms with Crippen LogP contribution >= 0.6 is 0 Å². The van der Waals surface area contributed by atoms with Crippen LogP contribution in [-0.2, 0) is 11.5 Å². The minimum Gasteiger partial charge on any atom is -1.00 e. The first-order valence-electron chi connectivity index (χ1n) is 6.66. The van der Waals surface area contributed by atoms with Gasteiger partial charge in [0.25, 0.3) is 12.6 Å². The topological polar surface area (TPSA) is 56.2 Å². The molecule has 1 saturated carbocycles. The van der Waals surface area contributed by atoms with Gasteiger partial charge < -0.3 is 22.9 Å². The zero-order valence-corrected chi connectivity index (χ0v) is 11.8. The molecule has 1 aromatic rings. The Kier molecular flexibility index (Phi) is 6.81. The summed E-state index contributed by atoms with van der Waals surface area (Å²) in [5, 5.41) is 0. The van der Waals surface area contributed by atoms with Gasteiger partial charge in [-0.3, -0.25) is 4.79 Å². The van der Waals surface area contributed by atoms with Crippen molar-refractivity contribution in [1.82, 2.24) is 0 Å². The number of nitrogens with two attached hydrogens (primary N) is 1. The monoisotopic (exact) mass is 284 g/mol. The maximum absolute atomic E-state index is 11.1. The number of ether oxygens (including phenoxy) is 1. The normalized spacial score (nSPS) is 16.4. The number of primary amides is 1. The molecule has 1 fully saturated rings. The first-order valence-corrected chi connectivity index (χ1v) is 6.66. The minimum atomic E-state index is -0.404. The number of hydrogen-bond donors (Lipinski definition) is 1. The summed E-state index contributed by atoms with van der Waals surface area (Å²) >= 11 is 0. The quantitative estimate of drug-likeness (QED) is 0.556. The van der Waals surface area contributed by atoms with Crippen LogP contribution in [0.25, 0.3) is 0 Å². The summed E-state index contributed by atoms with van der Waals surface area (Å²) in [6, 6.07) is 3.53. The molecule has 4 nitrogen and oxygen atoms in total. The summed E-state index contributed by atoms with van der Waals surface area (Å²) in [7, 11) is 0. The zero-order valence-electron chi connectivity index (χ0n) is 11.1. The molecule has 2 rings (SSSR count). The summed E-state index contributed by atoms with van der Waals surface area (Å²) < 4.78 is 7.76. The average Bonchev–Trinajstić information content (AvgIpc) is 2.65. The highest BCUT2D eigenvalue weighted by molar-refractivity contribution is 5.92. The molecular weight excluding hydrogens is 264 g/mol. The number of hydrogen-bond acceptors (Lipinski definition) is 2. The van der Waals surface area contributed by atoms with Crippen LogP contribution in [0.4, 0.5) is 0 Å². The molecule has 0 aliphatic heterocycles. The highest BCUT2D eigenvalue weighted by Gasteiger charge is 2.15. The minimum absolute atomic E-state index is 0. The molecule has 0 saturated heterocycles. The number of halogens is 1. The first kappa shape index (κ1) is 15.9. The molecule has 19 heavy (non-hydrogen) atoms. The second kappa shape index (κ2) is 8.12. The lowest BCUT2D eigenvalue weighted by atomic mass is 10.2. The van der Waals surface area contributed by atoms with Gasteiger partial charge in [0.2, 0.25) is 0 Å². The van der Waals surface area contributed by atoms with E-state index < -0.39 is 5.91 Å². The lowest BCUT2D eigenvalue weighted by Crippen LogP contribution is -3.00. The van der Waals surface area contributed by atoms with Crippen molar-refractivity contribution in [3.63, 3.8) is 0 Å². The Balaban J connectivity index is 0.00000180. The second-order valence-electron chi connectivity index (χ2n) is 4.88. The van der Waals surface area contributed by atoms with Crippen LogP contribution in [0, 0.1) is 0 Å². The lowest BCUT2D eigenvalue weighted by Gasteiger charge is -2.12. The van der Waals surface area contributed by atoms with Crippen molar-refractivity contribution in [1.29, 1.82) is 0 Å². The summed E-state index contributed by atoms with van der Waals surface area (Å²) in [6.07, 6.45) is 11.5. The largest absolute Gasteiger partial charge is 1.00 e. The first-order chi connectivity index (χ1) is 8.75. The predicted octanol–water partition coefficient (Wildman–Crippen LogP) is -1.23. The fraction of sp³-hybridized carbons (Fsp3) is 0.571. The van der Waals surface area contributed by atoms with Crippen molar-refractivity contribution in [3.05, 3.63) is 30.1 Å². The van der Waals surface area contributed by atoms with E-state index in [1.54, 1.807) is 12.3 Å². The number of aromatic nitrogens is 1. The third kappa shape index (κ3) is 5.17. The van der Waals surface area contributed by atoms with Crippen LogP contribution in [0.1, 0.15) is 48.9 Å². The predicted molar refractivity (Wildman–Crippen MR) is 67.7 cm³/mol. The van der Waals surface area contributed by atoms with Gasteiger partial charge in [0.15, 0.2) is 12.4 Å². The maximum atomic E-state index is 11.1. The Hall–Kier alpha value is -1.13. The summed E-state index contributed by atoms with van der Waals surface area (Å²) in [5.41, 5.74) is 5.76. The highest BCUT2D eigenvalue weighted by Crippen LogP contribution is 2.19. The summed E-state index contributed by atoms with van der Waals surface area (Å²) in [6.45, 7) is 0.492. The molecule has 1 aliphatic rings. The number of carbonyl (C=O) groups is 1. The van der Waals surface area contributed by atoms with E-state index in [9.17, 15) is 4.79 Å². The Morgan fingerprint density at radius 3 is 2.63 bits per heavy atom. The van der Waals surface area contributed by atoms with Gasteiger partial charge in [-0.15, -0.1) is 0 Å². The Morgan fingerprint density at radius 1 is 1.32 bits per heavy atom. The molecule has 1 aromatic heterocycles. The van der Waals surface area contributed by atoms with E-state index in [0.717, 1.165) is 12.8 Å². The average molecular weight is 285 g/mol. The van der Waals surface area contributed by atoms with Gasteiger partial charge in [-0.2, -0.15) is 4.57 Å². The summed E-state index contributed by atoms with van der Waals surface area (Å²) in [4.78, 5) is 11.1. The molecule has 2 N–H and O–H groups in total. The molecule has 1 amide bonds. The lowest BCUT2D eigenvalue weighted by molar-refractivity contribution is -0.735. The van der Waals surface area contributed by atoms with Gasteiger partial charge in [-0.1, -0.05) is 25.7 Å². The Labute approximate surface area is 120 Å². The van der Waals surface area contributed by atoms with E-state index in [0.29, 0.717) is 18.4 Å². The van der Waals surface area contributed by atoms with E-state index in [2.05, 4.69) is 0 Å². The van der Waals surface area contributed by atoms with E-state index in [1.165, 1.54) is 25.7 Å². The number of amides is 1. The van der Waals surface area contributed by atoms with E-state index in [4.69, 9.17) is 10.5 Å². The standard InChI is InChI=1S/C14H20N2O2.ClH/c15-14(17)12-6-5-9-16(10-12)11-18-13-7-3-1-2-4-8-13;/h5-6,9-10,13H,1-4,7-8,11H2,(H-,15,17);1H. The van der Waals surface area contributed by atoms with Crippen LogP contribution in [0.15, 0.2) is 24.5 Å². The summed E-state index contributed by atoms with van der Waals surface area (Å²) in [5.74, 6) is -0.404. The van der Waals surface area contributed by atoms with Gasteiger partial charge in [-0.25, -0.2) is 0 Å². The van der Waals surface area contributed by atoms with Crippen LogP contribution in [0.5, 0.6) is 0 Å². The number of rotatable bonds is 4. The molecular formula is C14H21ClN2O2. The third-order valence-corrected chi connectivity index (χ3v) is 3.40. The van der Waals surface area contributed by atoms with Crippen LogP contribution < -0.4 is 22.7 Å². The second-order valence-corrected chi connectivity index (χ2v) is 4.88. The highest BCUT2D eigenvalue weighted by atomic mass is 35.5. The molecule has 5 heteroatoms. The molecule has 0 atom stereocenters. The SMILES string of the molecule is NC(=O)c1ccc[n+](COC2CCCCCC2)c1.[Cl-].